The van der Waals surface area contributed by atoms with Crippen LogP contribution in [0, 0.1) is 5.82 Å². The minimum Gasteiger partial charge on any atom is -0.339 e. The summed E-state index contributed by atoms with van der Waals surface area (Å²) in [7, 11) is 0. The Morgan fingerprint density at radius 3 is 2.74 bits per heavy atom. The minimum atomic E-state index is -0.319. The first-order valence-electron chi connectivity index (χ1n) is 6.35. The van der Waals surface area contributed by atoms with E-state index >= 15 is 0 Å². The van der Waals surface area contributed by atoms with E-state index in [2.05, 4.69) is 10.1 Å². The summed E-state index contributed by atoms with van der Waals surface area (Å²) >= 11 is 0. The van der Waals surface area contributed by atoms with Crippen molar-refractivity contribution in [3.05, 3.63) is 47.4 Å². The van der Waals surface area contributed by atoms with Crippen molar-refractivity contribution < 1.29 is 8.91 Å². The molecular weight excluding hydrogens is 245 g/mol. The molecule has 0 aliphatic carbocycles. The number of nitrogens with two attached hydrogens (primary N) is 1. The second-order valence-corrected chi connectivity index (χ2v) is 4.90. The fraction of sp³-hybridized carbons (Fsp3) is 0.429. The number of hydrogen-bond donors (Lipinski definition) is 1. The zero-order valence-electron chi connectivity index (χ0n) is 11.2. The highest BCUT2D eigenvalue weighted by Gasteiger charge is 2.29. The van der Waals surface area contributed by atoms with Crippen LogP contribution in [0.3, 0.4) is 0 Å². The van der Waals surface area contributed by atoms with Gasteiger partial charge >= 0.3 is 0 Å². The topological polar surface area (TPSA) is 64.9 Å². The van der Waals surface area contributed by atoms with Gasteiger partial charge in [0.25, 0.3) is 0 Å². The Bertz CT molecular complexity index is 549. The predicted octanol–water partition coefficient (Wildman–Crippen LogP) is 2.43. The largest absolute Gasteiger partial charge is 0.339 e. The van der Waals surface area contributed by atoms with Crippen LogP contribution in [0.25, 0.3) is 0 Å². The van der Waals surface area contributed by atoms with Crippen LogP contribution in [0.15, 0.2) is 28.8 Å². The zero-order valence-corrected chi connectivity index (χ0v) is 11.2. The molecule has 1 heterocycles. The molecule has 2 rings (SSSR count). The first-order chi connectivity index (χ1) is 9.09. The number of halogens is 1. The molecule has 0 saturated heterocycles. The molecule has 5 heteroatoms. The van der Waals surface area contributed by atoms with E-state index in [1.165, 1.54) is 6.07 Å². The fourth-order valence-electron chi connectivity index (χ4n) is 1.77. The lowest BCUT2D eigenvalue weighted by atomic mass is 9.88. The maximum absolute atomic E-state index is 13.5. The molecule has 0 saturated carbocycles. The van der Waals surface area contributed by atoms with E-state index < -0.39 is 0 Å². The summed E-state index contributed by atoms with van der Waals surface area (Å²) in [6.45, 7) is 4.44. The van der Waals surface area contributed by atoms with E-state index in [4.69, 9.17) is 10.3 Å². The molecule has 0 bridgehead atoms. The second kappa shape index (κ2) is 5.48. The molecule has 1 aromatic heterocycles. The maximum Gasteiger partial charge on any atom is 0.233 e. The van der Waals surface area contributed by atoms with E-state index in [9.17, 15) is 4.39 Å². The first-order valence-corrected chi connectivity index (χ1v) is 6.35. The highest BCUT2D eigenvalue weighted by atomic mass is 19.1. The molecule has 1 atom stereocenters. The van der Waals surface area contributed by atoms with E-state index in [1.54, 1.807) is 18.2 Å². The van der Waals surface area contributed by atoms with Gasteiger partial charge < -0.3 is 10.3 Å². The molecule has 19 heavy (non-hydrogen) atoms. The maximum atomic E-state index is 13.5. The van der Waals surface area contributed by atoms with Crippen LogP contribution in [0.4, 0.5) is 4.39 Å². The van der Waals surface area contributed by atoms with Crippen molar-refractivity contribution >= 4 is 0 Å². The summed E-state index contributed by atoms with van der Waals surface area (Å²) in [5.74, 6) is 0.739. The molecule has 1 aromatic carbocycles. The second-order valence-electron chi connectivity index (χ2n) is 4.90. The summed E-state index contributed by atoms with van der Waals surface area (Å²) in [4.78, 5) is 4.34. The summed E-state index contributed by atoms with van der Waals surface area (Å²) in [6, 6.07) is 6.58. The lowest BCUT2D eigenvalue weighted by Crippen LogP contribution is -2.31. The lowest BCUT2D eigenvalue weighted by molar-refractivity contribution is 0.289. The zero-order chi connectivity index (χ0) is 13.9. The van der Waals surface area contributed by atoms with Gasteiger partial charge in [-0.05, 0) is 25.0 Å². The Balaban J connectivity index is 2.21. The van der Waals surface area contributed by atoms with Gasteiger partial charge in [0.05, 0.1) is 5.41 Å². The standard InChI is InChI=1S/C14H18FN3O/c1-3-14(2,9-16)13-17-12(18-19-13)8-10-6-4-5-7-11(10)15/h4-7H,3,8-9,16H2,1-2H3. The molecule has 0 aliphatic rings. The highest BCUT2D eigenvalue weighted by Crippen LogP contribution is 2.25. The smallest absolute Gasteiger partial charge is 0.233 e. The van der Waals surface area contributed by atoms with Crippen LogP contribution in [0.2, 0.25) is 0 Å². The Morgan fingerprint density at radius 1 is 1.37 bits per heavy atom. The van der Waals surface area contributed by atoms with Crippen molar-refractivity contribution in [1.82, 2.24) is 10.1 Å². The SMILES string of the molecule is CCC(C)(CN)c1nc(Cc2ccccc2F)no1. The number of aromatic nitrogens is 2. The van der Waals surface area contributed by atoms with Crippen molar-refractivity contribution in [3.8, 4) is 0 Å². The van der Waals surface area contributed by atoms with Crippen LogP contribution in [0.1, 0.15) is 37.5 Å². The van der Waals surface area contributed by atoms with Gasteiger partial charge in [-0.1, -0.05) is 30.3 Å². The third kappa shape index (κ3) is 2.81. The molecular formula is C14H18FN3O. The molecule has 2 N–H and O–H groups in total. The molecule has 0 aliphatic heterocycles. The Labute approximate surface area is 111 Å². The van der Waals surface area contributed by atoms with E-state index in [0.717, 1.165) is 6.42 Å². The molecule has 4 nitrogen and oxygen atoms in total. The third-order valence-corrected chi connectivity index (χ3v) is 3.52. The van der Waals surface area contributed by atoms with Crippen molar-refractivity contribution in [1.29, 1.82) is 0 Å². The van der Waals surface area contributed by atoms with Gasteiger partial charge in [0.2, 0.25) is 5.89 Å². The van der Waals surface area contributed by atoms with Gasteiger partial charge in [-0.3, -0.25) is 0 Å². The number of hydrogen-bond acceptors (Lipinski definition) is 4. The summed E-state index contributed by atoms with van der Waals surface area (Å²) < 4.78 is 18.8. The van der Waals surface area contributed by atoms with Crippen LogP contribution in [-0.4, -0.2) is 16.7 Å². The summed E-state index contributed by atoms with van der Waals surface area (Å²) in [5.41, 5.74) is 5.99. The Hall–Kier alpha value is -1.75. The molecule has 1 unspecified atom stereocenters. The van der Waals surface area contributed by atoms with Gasteiger partial charge in [-0.15, -0.1) is 0 Å². The normalized spacial score (nSPS) is 14.3. The fourth-order valence-corrected chi connectivity index (χ4v) is 1.77. The first kappa shape index (κ1) is 13.7. The van der Waals surface area contributed by atoms with Crippen LogP contribution in [0.5, 0.6) is 0 Å². The van der Waals surface area contributed by atoms with Crippen LogP contribution >= 0.6 is 0 Å². The molecule has 0 spiro atoms. The lowest BCUT2D eigenvalue weighted by Gasteiger charge is -2.20. The monoisotopic (exact) mass is 263 g/mol. The van der Waals surface area contributed by atoms with Crippen LogP contribution in [-0.2, 0) is 11.8 Å². The quantitative estimate of drug-likeness (QED) is 0.899. The van der Waals surface area contributed by atoms with Crippen LogP contribution < -0.4 is 5.73 Å². The highest BCUT2D eigenvalue weighted by molar-refractivity contribution is 5.21. The van der Waals surface area contributed by atoms with E-state index in [0.29, 0.717) is 30.2 Å². The number of nitrogens with zero attached hydrogens (tertiary/aromatic N) is 2. The van der Waals surface area contributed by atoms with Crippen molar-refractivity contribution in [2.24, 2.45) is 5.73 Å². The van der Waals surface area contributed by atoms with Crippen molar-refractivity contribution in [3.63, 3.8) is 0 Å². The minimum absolute atomic E-state index is 0.258. The van der Waals surface area contributed by atoms with Crippen molar-refractivity contribution in [2.45, 2.75) is 32.1 Å². The van der Waals surface area contributed by atoms with E-state index in [1.807, 2.05) is 13.8 Å². The Kier molecular flexibility index (Phi) is 3.95. The predicted molar refractivity (Wildman–Crippen MR) is 70.2 cm³/mol. The summed E-state index contributed by atoms with van der Waals surface area (Å²) in [6.07, 6.45) is 1.13. The summed E-state index contributed by atoms with van der Waals surface area (Å²) in [5, 5.41) is 3.91. The number of rotatable bonds is 5. The molecule has 102 valence electrons. The van der Waals surface area contributed by atoms with Crippen molar-refractivity contribution in [2.75, 3.05) is 6.54 Å². The molecule has 0 fully saturated rings. The third-order valence-electron chi connectivity index (χ3n) is 3.52. The Morgan fingerprint density at radius 2 is 2.11 bits per heavy atom. The molecule has 0 radical (unpaired) electrons. The molecule has 2 aromatic rings. The van der Waals surface area contributed by atoms with Gasteiger partial charge in [0.1, 0.15) is 5.82 Å². The van der Waals surface area contributed by atoms with Gasteiger partial charge in [-0.2, -0.15) is 4.98 Å². The van der Waals surface area contributed by atoms with Gasteiger partial charge in [0.15, 0.2) is 5.82 Å². The van der Waals surface area contributed by atoms with E-state index in [-0.39, 0.29) is 11.2 Å². The number of benzene rings is 1. The molecule has 0 amide bonds. The van der Waals surface area contributed by atoms with Gasteiger partial charge in [-0.25, -0.2) is 4.39 Å². The van der Waals surface area contributed by atoms with Gasteiger partial charge in [0, 0.05) is 13.0 Å². The average molecular weight is 263 g/mol. The average Bonchev–Trinajstić information content (AvgIpc) is 2.90.